The van der Waals surface area contributed by atoms with Crippen LogP contribution in [0.3, 0.4) is 0 Å². The van der Waals surface area contributed by atoms with Crippen LogP contribution >= 0.6 is 11.8 Å². The number of hydrogen-bond donors (Lipinski definition) is 2. The third kappa shape index (κ3) is 5.14. The molecule has 0 aliphatic carbocycles. The molecule has 1 unspecified atom stereocenters. The Kier molecular flexibility index (Phi) is 6.73. The van der Waals surface area contributed by atoms with E-state index in [0.29, 0.717) is 18.1 Å². The maximum Gasteiger partial charge on any atom is 0.287 e. The monoisotopic (exact) mass is 336 g/mol. The smallest absolute Gasteiger partial charge is 0.287 e. The standard InChI is InChI=1S/C16H24N4O2S/c1-3-4-5-12(10-17)19-15(21)14-7-6-13(22-14)11-23-16-18-8-9-20(16)2/h6-9,12H,3-5,10-11,17H2,1-2H3,(H,19,21). The Labute approximate surface area is 140 Å². The molecule has 0 saturated carbocycles. The SMILES string of the molecule is CCCCC(CN)NC(=O)c1ccc(CSc2nccn2C)o1. The molecule has 7 heteroatoms. The molecule has 2 rings (SSSR count). The molecule has 0 spiro atoms. The van der Waals surface area contributed by atoms with Gasteiger partial charge in [-0.05, 0) is 18.6 Å². The first-order valence-corrected chi connectivity index (χ1v) is 8.82. The predicted octanol–water partition coefficient (Wildman–Crippen LogP) is 2.55. The number of carbonyl (C=O) groups excluding carboxylic acids is 1. The number of nitrogens with one attached hydrogen (secondary N) is 1. The van der Waals surface area contributed by atoms with Crippen molar-refractivity contribution in [1.82, 2.24) is 14.9 Å². The quantitative estimate of drug-likeness (QED) is 0.687. The summed E-state index contributed by atoms with van der Waals surface area (Å²) < 4.78 is 7.57. The van der Waals surface area contributed by atoms with Crippen LogP contribution in [0.15, 0.2) is 34.1 Å². The zero-order chi connectivity index (χ0) is 16.7. The first-order chi connectivity index (χ1) is 11.1. The van der Waals surface area contributed by atoms with Gasteiger partial charge < -0.3 is 20.0 Å². The predicted molar refractivity (Wildman–Crippen MR) is 91.3 cm³/mol. The molecule has 2 aromatic rings. The van der Waals surface area contributed by atoms with Crippen molar-refractivity contribution in [1.29, 1.82) is 0 Å². The summed E-state index contributed by atoms with van der Waals surface area (Å²) >= 11 is 1.57. The van der Waals surface area contributed by atoms with E-state index in [1.165, 1.54) is 0 Å². The molecule has 1 atom stereocenters. The van der Waals surface area contributed by atoms with Crippen molar-refractivity contribution in [3.8, 4) is 0 Å². The number of furan rings is 1. The molecule has 0 aliphatic rings. The van der Waals surface area contributed by atoms with Crippen LogP contribution in [0.5, 0.6) is 0 Å². The maximum absolute atomic E-state index is 12.2. The minimum atomic E-state index is -0.204. The molecule has 0 saturated heterocycles. The van der Waals surface area contributed by atoms with E-state index in [2.05, 4.69) is 17.2 Å². The van der Waals surface area contributed by atoms with E-state index in [0.717, 1.165) is 30.2 Å². The fourth-order valence-electron chi connectivity index (χ4n) is 2.16. The van der Waals surface area contributed by atoms with Crippen LogP contribution in [0.25, 0.3) is 0 Å². The second kappa shape index (κ2) is 8.79. The van der Waals surface area contributed by atoms with Crippen LogP contribution in [-0.4, -0.2) is 28.0 Å². The van der Waals surface area contributed by atoms with Crippen LogP contribution in [-0.2, 0) is 12.8 Å². The zero-order valence-corrected chi connectivity index (χ0v) is 14.4. The Hall–Kier alpha value is -1.73. The highest BCUT2D eigenvalue weighted by Crippen LogP contribution is 2.21. The number of nitrogens with zero attached hydrogens (tertiary/aromatic N) is 2. The number of aromatic nitrogens is 2. The summed E-state index contributed by atoms with van der Waals surface area (Å²) in [5, 5.41) is 3.84. The number of unbranched alkanes of at least 4 members (excludes halogenated alkanes) is 1. The first kappa shape index (κ1) is 17.6. The Morgan fingerprint density at radius 3 is 3.00 bits per heavy atom. The lowest BCUT2D eigenvalue weighted by atomic mass is 10.1. The van der Waals surface area contributed by atoms with Gasteiger partial charge in [-0.25, -0.2) is 4.98 Å². The summed E-state index contributed by atoms with van der Waals surface area (Å²) in [6.45, 7) is 2.56. The van der Waals surface area contributed by atoms with Crippen LogP contribution in [0.4, 0.5) is 0 Å². The summed E-state index contributed by atoms with van der Waals surface area (Å²) in [6.07, 6.45) is 6.67. The molecule has 6 nitrogen and oxygen atoms in total. The van der Waals surface area contributed by atoms with Gasteiger partial charge in [0.05, 0.1) is 5.75 Å². The van der Waals surface area contributed by atoms with Gasteiger partial charge in [-0.1, -0.05) is 31.5 Å². The number of carbonyl (C=O) groups is 1. The van der Waals surface area contributed by atoms with E-state index >= 15 is 0 Å². The minimum Gasteiger partial charge on any atom is -0.455 e. The number of thioether (sulfide) groups is 1. The Bertz CT molecular complexity index is 623. The second-order valence-corrected chi connectivity index (χ2v) is 6.37. The summed E-state index contributed by atoms with van der Waals surface area (Å²) in [4.78, 5) is 16.4. The molecule has 0 aliphatic heterocycles. The molecule has 0 aromatic carbocycles. The lowest BCUT2D eigenvalue weighted by molar-refractivity contribution is 0.0906. The van der Waals surface area contributed by atoms with Gasteiger partial charge in [0.2, 0.25) is 0 Å². The van der Waals surface area contributed by atoms with Gasteiger partial charge in [0.1, 0.15) is 5.76 Å². The summed E-state index contributed by atoms with van der Waals surface area (Å²) in [5.74, 6) is 1.51. The molecule has 23 heavy (non-hydrogen) atoms. The Balaban J connectivity index is 1.87. The molecule has 2 aromatic heterocycles. The fraction of sp³-hybridized carbons (Fsp3) is 0.500. The van der Waals surface area contributed by atoms with E-state index < -0.39 is 0 Å². The van der Waals surface area contributed by atoms with Crippen LogP contribution in [0, 0.1) is 0 Å². The number of aryl methyl sites for hydroxylation is 1. The van der Waals surface area contributed by atoms with Crippen molar-refractivity contribution in [3.63, 3.8) is 0 Å². The second-order valence-electron chi connectivity index (χ2n) is 5.42. The lowest BCUT2D eigenvalue weighted by Crippen LogP contribution is -2.40. The van der Waals surface area contributed by atoms with Crippen molar-refractivity contribution in [2.24, 2.45) is 12.8 Å². The third-order valence-electron chi connectivity index (χ3n) is 3.53. The van der Waals surface area contributed by atoms with Gasteiger partial charge in [0.15, 0.2) is 10.9 Å². The highest BCUT2D eigenvalue weighted by Gasteiger charge is 2.15. The molecule has 0 bridgehead atoms. The Morgan fingerprint density at radius 2 is 2.35 bits per heavy atom. The number of amides is 1. The first-order valence-electron chi connectivity index (χ1n) is 7.83. The van der Waals surface area contributed by atoms with E-state index in [9.17, 15) is 4.79 Å². The molecule has 126 valence electrons. The van der Waals surface area contributed by atoms with Crippen LogP contribution in [0.2, 0.25) is 0 Å². The zero-order valence-electron chi connectivity index (χ0n) is 13.6. The maximum atomic E-state index is 12.2. The van der Waals surface area contributed by atoms with Crippen LogP contribution < -0.4 is 11.1 Å². The lowest BCUT2D eigenvalue weighted by Gasteiger charge is -2.15. The molecule has 0 fully saturated rings. The Morgan fingerprint density at radius 1 is 1.52 bits per heavy atom. The highest BCUT2D eigenvalue weighted by atomic mass is 32.2. The number of rotatable bonds is 9. The molecule has 1 amide bonds. The van der Waals surface area contributed by atoms with Crippen molar-refractivity contribution in [2.75, 3.05) is 6.54 Å². The van der Waals surface area contributed by atoms with Gasteiger partial charge in [-0.2, -0.15) is 0 Å². The van der Waals surface area contributed by atoms with Gasteiger partial charge in [0, 0.05) is 32.0 Å². The van der Waals surface area contributed by atoms with Crippen molar-refractivity contribution >= 4 is 17.7 Å². The largest absolute Gasteiger partial charge is 0.455 e. The van der Waals surface area contributed by atoms with Crippen molar-refractivity contribution < 1.29 is 9.21 Å². The van der Waals surface area contributed by atoms with Gasteiger partial charge in [-0.3, -0.25) is 4.79 Å². The van der Waals surface area contributed by atoms with E-state index in [-0.39, 0.29) is 11.9 Å². The summed E-state index contributed by atoms with van der Waals surface area (Å²) in [7, 11) is 1.94. The molecule has 0 radical (unpaired) electrons. The average Bonchev–Trinajstić information content (AvgIpc) is 3.18. The van der Waals surface area contributed by atoms with Crippen LogP contribution in [0.1, 0.15) is 42.5 Å². The fourth-order valence-corrected chi connectivity index (χ4v) is 2.99. The minimum absolute atomic E-state index is 0.00190. The molecule has 2 heterocycles. The topological polar surface area (TPSA) is 86.1 Å². The third-order valence-corrected chi connectivity index (χ3v) is 4.61. The van der Waals surface area contributed by atoms with Gasteiger partial charge >= 0.3 is 0 Å². The van der Waals surface area contributed by atoms with E-state index in [4.69, 9.17) is 10.2 Å². The van der Waals surface area contributed by atoms with E-state index in [1.54, 1.807) is 24.0 Å². The van der Waals surface area contributed by atoms with Gasteiger partial charge in [-0.15, -0.1) is 0 Å². The molecular weight excluding hydrogens is 312 g/mol. The highest BCUT2D eigenvalue weighted by molar-refractivity contribution is 7.98. The van der Waals surface area contributed by atoms with Crippen molar-refractivity contribution in [2.45, 2.75) is 43.1 Å². The van der Waals surface area contributed by atoms with Crippen molar-refractivity contribution in [3.05, 3.63) is 36.0 Å². The molecule has 3 N–H and O–H groups in total. The number of hydrogen-bond acceptors (Lipinski definition) is 5. The summed E-state index contributed by atoms with van der Waals surface area (Å²) in [5.41, 5.74) is 5.70. The van der Waals surface area contributed by atoms with E-state index in [1.807, 2.05) is 23.9 Å². The summed E-state index contributed by atoms with van der Waals surface area (Å²) in [6, 6.07) is 3.53. The molecular formula is C16H24N4O2S. The average molecular weight is 336 g/mol. The number of imidazole rings is 1. The van der Waals surface area contributed by atoms with Gasteiger partial charge in [0.25, 0.3) is 5.91 Å². The normalized spacial score (nSPS) is 12.3. The number of nitrogens with two attached hydrogens (primary N) is 1.